The molecule has 0 saturated carbocycles. The van der Waals surface area contributed by atoms with Crippen LogP contribution in [0.25, 0.3) is 0 Å². The molecule has 0 amide bonds. The quantitative estimate of drug-likeness (QED) is 0.375. The first kappa shape index (κ1) is 25.4. The lowest BCUT2D eigenvalue weighted by Crippen LogP contribution is -2.16. The average molecular weight is 433 g/mol. The Morgan fingerprint density at radius 1 is 0.625 bits per heavy atom. The summed E-state index contributed by atoms with van der Waals surface area (Å²) in [4.78, 5) is 34.7. The van der Waals surface area contributed by atoms with E-state index in [2.05, 4.69) is 0 Å². The first-order chi connectivity index (χ1) is 15.2. The molecule has 2 rings (SSSR count). The Hall–Kier alpha value is -2.88. The normalized spacial score (nSPS) is 14.5. The fraction of sp³-hybridized carbons (Fsp3) is 0.429. The number of rotatable bonds is 11. The summed E-state index contributed by atoms with van der Waals surface area (Å²) in [6, 6.07) is 19.5. The van der Waals surface area contributed by atoms with Gasteiger partial charge in [0.15, 0.2) is 0 Å². The molecule has 0 fully saturated rings. The summed E-state index contributed by atoms with van der Waals surface area (Å²) in [5.41, 5.74) is 3.66. The summed E-state index contributed by atoms with van der Waals surface area (Å²) in [7, 11) is 0. The van der Waals surface area contributed by atoms with Crippen molar-refractivity contribution in [2.24, 2.45) is 21.8 Å². The third-order valence-corrected chi connectivity index (χ3v) is 5.45. The van der Waals surface area contributed by atoms with Crippen molar-refractivity contribution in [1.82, 2.24) is 0 Å². The lowest BCUT2D eigenvalue weighted by atomic mass is 9.93. The van der Waals surface area contributed by atoms with Crippen molar-refractivity contribution < 1.29 is 9.59 Å². The van der Waals surface area contributed by atoms with Gasteiger partial charge >= 0.3 is 0 Å². The lowest BCUT2D eigenvalue weighted by Gasteiger charge is -2.24. The summed E-state index contributed by atoms with van der Waals surface area (Å²) >= 11 is 0. The molecule has 0 bridgehead atoms. The molecule has 0 saturated heterocycles. The van der Waals surface area contributed by atoms with Gasteiger partial charge in [-0.1, -0.05) is 88.4 Å². The number of carbonyl (C=O) groups is 2. The molecule has 0 aromatic heterocycles. The molecule has 0 aliphatic heterocycles. The molecule has 4 nitrogen and oxygen atoms in total. The van der Waals surface area contributed by atoms with Crippen LogP contribution in [0.2, 0.25) is 0 Å². The number of carbonyl (C=O) groups excluding carboxylic acids is 2. The predicted molar refractivity (Wildman–Crippen MR) is 134 cm³/mol. The summed E-state index contributed by atoms with van der Waals surface area (Å²) in [5, 5.41) is 0. The highest BCUT2D eigenvalue weighted by Crippen LogP contribution is 2.36. The largest absolute Gasteiger partial charge is 0.299 e. The van der Waals surface area contributed by atoms with E-state index >= 15 is 0 Å². The third-order valence-electron chi connectivity index (χ3n) is 5.45. The van der Waals surface area contributed by atoms with Crippen LogP contribution < -0.4 is 0 Å². The SMILES string of the molecule is CC(CC(=O)C(C)C)=NC(c1ccccc1)C(N=C(C)CC(=O)C(C)C)c1ccccc1. The Bertz CT molecular complexity index is 864. The number of Topliss-reactive ketones (excluding diaryl/α,β-unsaturated/α-hetero) is 2. The molecule has 4 heteroatoms. The van der Waals surface area contributed by atoms with Crippen molar-refractivity contribution in [2.45, 2.75) is 66.5 Å². The fourth-order valence-corrected chi connectivity index (χ4v) is 3.43. The van der Waals surface area contributed by atoms with Crippen LogP contribution in [0, 0.1) is 11.8 Å². The van der Waals surface area contributed by atoms with Crippen molar-refractivity contribution in [3.63, 3.8) is 0 Å². The number of ketones is 2. The van der Waals surface area contributed by atoms with Gasteiger partial charge < -0.3 is 0 Å². The Morgan fingerprint density at radius 2 is 0.938 bits per heavy atom. The number of hydrogen-bond donors (Lipinski definition) is 0. The van der Waals surface area contributed by atoms with E-state index < -0.39 is 0 Å². The summed E-state index contributed by atoms with van der Waals surface area (Å²) in [6.07, 6.45) is 0.661. The molecule has 2 aromatic rings. The molecule has 0 spiro atoms. The first-order valence-corrected chi connectivity index (χ1v) is 11.4. The maximum Gasteiger partial charge on any atom is 0.140 e. The number of aliphatic imine (C=N–C) groups is 2. The van der Waals surface area contributed by atoms with Gasteiger partial charge in [-0.05, 0) is 25.0 Å². The van der Waals surface area contributed by atoms with Crippen LogP contribution in [0.5, 0.6) is 0 Å². The topological polar surface area (TPSA) is 58.9 Å². The smallest absolute Gasteiger partial charge is 0.140 e. The van der Waals surface area contributed by atoms with Crippen LogP contribution in [-0.4, -0.2) is 23.0 Å². The third kappa shape index (κ3) is 7.67. The van der Waals surface area contributed by atoms with Gasteiger partial charge in [0.05, 0.1) is 0 Å². The number of benzene rings is 2. The Labute approximate surface area is 192 Å². The molecule has 2 aromatic carbocycles. The highest BCUT2D eigenvalue weighted by Gasteiger charge is 2.25. The molecule has 2 unspecified atom stereocenters. The van der Waals surface area contributed by atoms with Crippen LogP contribution in [0.3, 0.4) is 0 Å². The molecule has 0 aliphatic rings. The van der Waals surface area contributed by atoms with Gasteiger partial charge in [-0.2, -0.15) is 0 Å². The zero-order valence-electron chi connectivity index (χ0n) is 20.2. The van der Waals surface area contributed by atoms with E-state index in [4.69, 9.17) is 9.98 Å². The number of hydrogen-bond acceptors (Lipinski definition) is 4. The van der Waals surface area contributed by atoms with Gasteiger partial charge in [-0.3, -0.25) is 19.6 Å². The van der Waals surface area contributed by atoms with Crippen molar-refractivity contribution in [1.29, 1.82) is 0 Å². The summed E-state index contributed by atoms with van der Waals surface area (Å²) < 4.78 is 0. The second-order valence-electron chi connectivity index (χ2n) is 9.04. The van der Waals surface area contributed by atoms with E-state index in [1.807, 2.05) is 102 Å². The highest BCUT2D eigenvalue weighted by molar-refractivity contribution is 6.02. The van der Waals surface area contributed by atoms with E-state index in [-0.39, 0.29) is 35.5 Å². The standard InChI is InChI=1S/C28H36N2O2/c1-19(2)25(31)17-21(5)29-27(23-13-9-7-10-14-23)28(24-15-11-8-12-16-24)30-22(6)18-26(32)20(3)4/h7-16,19-20,27-28H,17-18H2,1-6H3. The van der Waals surface area contributed by atoms with Gasteiger partial charge in [0.1, 0.15) is 23.7 Å². The van der Waals surface area contributed by atoms with Crippen molar-refractivity contribution in [2.75, 3.05) is 0 Å². The predicted octanol–water partition coefficient (Wildman–Crippen LogP) is 6.62. The van der Waals surface area contributed by atoms with E-state index in [1.165, 1.54) is 0 Å². The van der Waals surface area contributed by atoms with E-state index in [1.54, 1.807) is 0 Å². The lowest BCUT2D eigenvalue weighted by molar-refractivity contribution is -0.121. The Balaban J connectivity index is 2.54. The minimum absolute atomic E-state index is 0.0254. The van der Waals surface area contributed by atoms with Crippen molar-refractivity contribution in [3.8, 4) is 0 Å². The highest BCUT2D eigenvalue weighted by atomic mass is 16.1. The molecule has 0 radical (unpaired) electrons. The maximum atomic E-state index is 12.3. The minimum atomic E-state index is -0.289. The zero-order chi connectivity index (χ0) is 23.7. The second kappa shape index (κ2) is 12.2. The van der Waals surface area contributed by atoms with Gasteiger partial charge in [0.2, 0.25) is 0 Å². The van der Waals surface area contributed by atoms with Crippen LogP contribution >= 0.6 is 0 Å². The van der Waals surface area contributed by atoms with Crippen LogP contribution in [0.15, 0.2) is 70.6 Å². The Morgan fingerprint density at radius 3 is 1.22 bits per heavy atom. The zero-order valence-corrected chi connectivity index (χ0v) is 20.2. The Kier molecular flexibility index (Phi) is 9.70. The molecular weight excluding hydrogens is 396 g/mol. The van der Waals surface area contributed by atoms with Crippen LogP contribution in [0.1, 0.15) is 77.6 Å². The monoisotopic (exact) mass is 432 g/mol. The molecule has 2 atom stereocenters. The van der Waals surface area contributed by atoms with E-state index in [0.717, 1.165) is 22.6 Å². The fourth-order valence-electron chi connectivity index (χ4n) is 3.43. The van der Waals surface area contributed by atoms with Gasteiger partial charge in [-0.15, -0.1) is 0 Å². The molecule has 0 aliphatic carbocycles. The first-order valence-electron chi connectivity index (χ1n) is 11.4. The summed E-state index contributed by atoms with van der Waals surface area (Å²) in [6.45, 7) is 11.5. The second-order valence-corrected chi connectivity index (χ2v) is 9.04. The van der Waals surface area contributed by atoms with Crippen molar-refractivity contribution in [3.05, 3.63) is 71.8 Å². The van der Waals surface area contributed by atoms with Gasteiger partial charge in [-0.25, -0.2) is 0 Å². The molecule has 32 heavy (non-hydrogen) atoms. The molecule has 170 valence electrons. The van der Waals surface area contributed by atoms with E-state index in [0.29, 0.717) is 12.8 Å². The minimum Gasteiger partial charge on any atom is -0.299 e. The number of nitrogens with zero attached hydrogens (tertiary/aromatic N) is 2. The molecular formula is C28H36N2O2. The molecule has 0 heterocycles. The van der Waals surface area contributed by atoms with Crippen LogP contribution in [-0.2, 0) is 9.59 Å². The van der Waals surface area contributed by atoms with E-state index in [9.17, 15) is 9.59 Å². The summed E-state index contributed by atoms with van der Waals surface area (Å²) in [5.74, 6) is 0.304. The van der Waals surface area contributed by atoms with Gasteiger partial charge in [0.25, 0.3) is 0 Å². The maximum absolute atomic E-state index is 12.3. The van der Waals surface area contributed by atoms with Gasteiger partial charge in [0, 0.05) is 36.1 Å². The van der Waals surface area contributed by atoms with Crippen molar-refractivity contribution >= 4 is 23.0 Å². The average Bonchev–Trinajstić information content (AvgIpc) is 2.77. The van der Waals surface area contributed by atoms with Crippen LogP contribution in [0.4, 0.5) is 0 Å². The molecule has 0 N–H and O–H groups in total.